The van der Waals surface area contributed by atoms with Crippen LogP contribution >= 0.6 is 11.3 Å². The van der Waals surface area contributed by atoms with Gasteiger partial charge in [-0.05, 0) is 49.9 Å². The van der Waals surface area contributed by atoms with Crippen molar-refractivity contribution >= 4 is 27.5 Å². The summed E-state index contributed by atoms with van der Waals surface area (Å²) < 4.78 is 21.9. The molecule has 1 aromatic carbocycles. The van der Waals surface area contributed by atoms with Crippen molar-refractivity contribution < 1.29 is 13.9 Å². The Morgan fingerprint density at radius 1 is 1.19 bits per heavy atom. The molecular weight excluding hydrogens is 487 g/mol. The highest BCUT2D eigenvalue weighted by Gasteiger charge is 2.32. The second-order valence-corrected chi connectivity index (χ2v) is 9.74. The number of piperidine rings is 1. The zero-order chi connectivity index (χ0) is 25.6. The Bertz CT molecular complexity index is 1570. The van der Waals surface area contributed by atoms with Crippen LogP contribution in [0.25, 0.3) is 15.2 Å². The summed E-state index contributed by atoms with van der Waals surface area (Å²) in [7, 11) is 3.17. The van der Waals surface area contributed by atoms with E-state index in [0.717, 1.165) is 4.57 Å². The molecule has 1 saturated heterocycles. The fourth-order valence-corrected chi connectivity index (χ4v) is 6.00. The van der Waals surface area contributed by atoms with E-state index in [1.807, 2.05) is 0 Å². The molecule has 1 aliphatic rings. The zero-order valence-electron chi connectivity index (χ0n) is 20.1. The van der Waals surface area contributed by atoms with Gasteiger partial charge < -0.3 is 9.64 Å². The number of carbonyl (C=O) groups is 1. The second-order valence-electron chi connectivity index (χ2n) is 8.76. The number of aryl methyl sites for hydroxylation is 3. The van der Waals surface area contributed by atoms with Crippen LogP contribution < -0.4 is 16.0 Å². The Balaban J connectivity index is 1.72. The van der Waals surface area contributed by atoms with Crippen LogP contribution in [0, 0.1) is 12.7 Å². The van der Waals surface area contributed by atoms with Crippen molar-refractivity contribution in [3.8, 4) is 10.8 Å². The highest BCUT2D eigenvalue weighted by molar-refractivity contribution is 7.21. The first-order valence-corrected chi connectivity index (χ1v) is 12.4. The molecular formula is C24H25FN6O4S. The lowest BCUT2D eigenvalue weighted by molar-refractivity contribution is -0.136. The zero-order valence-corrected chi connectivity index (χ0v) is 20.9. The van der Waals surface area contributed by atoms with E-state index >= 15 is 0 Å². The average Bonchev–Trinajstić information content (AvgIpc) is 3.50. The molecule has 5 rings (SSSR count). The third-order valence-corrected chi connectivity index (χ3v) is 7.89. The predicted octanol–water partition coefficient (Wildman–Crippen LogP) is 2.30. The van der Waals surface area contributed by atoms with Crippen molar-refractivity contribution in [3.63, 3.8) is 0 Å². The molecule has 1 fully saturated rings. The Morgan fingerprint density at radius 3 is 2.67 bits per heavy atom. The van der Waals surface area contributed by atoms with E-state index < -0.39 is 23.1 Å². The topological polar surface area (TPSA) is 104 Å². The van der Waals surface area contributed by atoms with Gasteiger partial charge in [-0.1, -0.05) is 11.3 Å². The molecule has 4 heterocycles. The SMILES string of the molecule is COc1ccc(F)cc1CCn1c(=O)n(C2CCCN(C)C2=O)c(=O)c2c(C)c(-n3nccn3)sc21. The third-order valence-electron chi connectivity index (χ3n) is 6.61. The van der Waals surface area contributed by atoms with Crippen LogP contribution in [0.3, 0.4) is 0 Å². The Kier molecular flexibility index (Phi) is 6.20. The highest BCUT2D eigenvalue weighted by atomic mass is 32.1. The molecule has 10 nitrogen and oxygen atoms in total. The largest absolute Gasteiger partial charge is 0.496 e. The summed E-state index contributed by atoms with van der Waals surface area (Å²) in [6.07, 6.45) is 4.42. The first kappa shape index (κ1) is 23.9. The van der Waals surface area contributed by atoms with E-state index in [-0.39, 0.29) is 18.9 Å². The number of fused-ring (bicyclic) bond motifs is 1. The van der Waals surface area contributed by atoms with Crippen molar-refractivity contribution in [2.75, 3.05) is 20.7 Å². The van der Waals surface area contributed by atoms with Crippen LogP contribution in [-0.4, -0.2) is 55.6 Å². The van der Waals surface area contributed by atoms with Gasteiger partial charge in [0.05, 0.1) is 24.9 Å². The van der Waals surface area contributed by atoms with Gasteiger partial charge >= 0.3 is 5.69 Å². The predicted molar refractivity (Wildman–Crippen MR) is 133 cm³/mol. The lowest BCUT2D eigenvalue weighted by Crippen LogP contribution is -2.49. The van der Waals surface area contributed by atoms with Crippen LogP contribution in [0.4, 0.5) is 4.39 Å². The number of hydrogen-bond acceptors (Lipinski definition) is 7. The average molecular weight is 513 g/mol. The Hall–Kier alpha value is -3.80. The van der Waals surface area contributed by atoms with Crippen LogP contribution in [0.1, 0.15) is 30.0 Å². The first-order valence-electron chi connectivity index (χ1n) is 11.5. The molecule has 1 atom stereocenters. The van der Waals surface area contributed by atoms with Gasteiger partial charge in [0.25, 0.3) is 5.56 Å². The molecule has 0 radical (unpaired) electrons. The molecule has 1 unspecified atom stereocenters. The maximum atomic E-state index is 14.0. The number of benzene rings is 1. The standard InChI is InChI=1S/C24H25FN6O4S/c1-14-19-21(33)30(17-5-4-11-28(2)20(17)32)24(34)29(23(19)36-22(14)31-26-9-10-27-31)12-8-15-13-16(25)6-7-18(15)35-3/h6-7,9-10,13,17H,4-5,8,11-12H2,1-3H3. The maximum absolute atomic E-state index is 14.0. The monoisotopic (exact) mass is 512 g/mol. The van der Waals surface area contributed by atoms with Gasteiger partial charge in [0.1, 0.15) is 27.4 Å². The number of thiophene rings is 1. The Morgan fingerprint density at radius 2 is 1.94 bits per heavy atom. The molecule has 1 aliphatic heterocycles. The summed E-state index contributed by atoms with van der Waals surface area (Å²) in [6, 6.07) is 3.34. The first-order chi connectivity index (χ1) is 17.3. The number of rotatable bonds is 6. The van der Waals surface area contributed by atoms with Gasteiger partial charge in [0.2, 0.25) is 5.91 Å². The van der Waals surface area contributed by atoms with Gasteiger partial charge in [0, 0.05) is 25.7 Å². The van der Waals surface area contributed by atoms with Gasteiger partial charge in [-0.15, -0.1) is 4.80 Å². The molecule has 36 heavy (non-hydrogen) atoms. The molecule has 0 spiro atoms. The molecule has 0 aliphatic carbocycles. The number of aromatic nitrogens is 5. The smallest absolute Gasteiger partial charge is 0.332 e. The minimum atomic E-state index is -0.881. The quantitative estimate of drug-likeness (QED) is 0.393. The lowest BCUT2D eigenvalue weighted by Gasteiger charge is -2.30. The van der Waals surface area contributed by atoms with Crippen LogP contribution in [0.15, 0.2) is 40.2 Å². The van der Waals surface area contributed by atoms with E-state index in [1.165, 1.54) is 58.4 Å². The van der Waals surface area contributed by atoms with Crippen LogP contribution in [-0.2, 0) is 17.8 Å². The highest BCUT2D eigenvalue weighted by Crippen LogP contribution is 2.31. The fraction of sp³-hybridized carbons (Fsp3) is 0.375. The number of ether oxygens (including phenoxy) is 1. The van der Waals surface area contributed by atoms with Crippen molar-refractivity contribution in [3.05, 3.63) is 68.4 Å². The second kappa shape index (κ2) is 9.34. The van der Waals surface area contributed by atoms with Gasteiger partial charge in [-0.3, -0.25) is 14.2 Å². The van der Waals surface area contributed by atoms with E-state index in [0.29, 0.717) is 51.5 Å². The summed E-state index contributed by atoms with van der Waals surface area (Å²) in [5.74, 6) is -0.176. The van der Waals surface area contributed by atoms with Gasteiger partial charge in [0.15, 0.2) is 0 Å². The van der Waals surface area contributed by atoms with Crippen molar-refractivity contribution in [2.24, 2.45) is 0 Å². The minimum absolute atomic E-state index is 0.151. The van der Waals surface area contributed by atoms with E-state index in [4.69, 9.17) is 4.74 Å². The summed E-state index contributed by atoms with van der Waals surface area (Å²) >= 11 is 1.23. The fourth-order valence-electron chi connectivity index (χ4n) is 4.76. The van der Waals surface area contributed by atoms with Crippen molar-refractivity contribution in [2.45, 2.75) is 38.8 Å². The molecule has 0 saturated carbocycles. The minimum Gasteiger partial charge on any atom is -0.496 e. The summed E-state index contributed by atoms with van der Waals surface area (Å²) in [5, 5.41) is 9.32. The molecule has 3 aromatic heterocycles. The molecule has 188 valence electrons. The number of amides is 1. The third kappa shape index (κ3) is 3.91. The summed E-state index contributed by atoms with van der Waals surface area (Å²) in [6.45, 7) is 2.51. The van der Waals surface area contributed by atoms with Gasteiger partial charge in [-0.2, -0.15) is 10.2 Å². The maximum Gasteiger partial charge on any atom is 0.332 e. The lowest BCUT2D eigenvalue weighted by atomic mass is 10.0. The molecule has 1 amide bonds. The summed E-state index contributed by atoms with van der Waals surface area (Å²) in [4.78, 5) is 44.0. The van der Waals surface area contributed by atoms with E-state index in [1.54, 1.807) is 18.9 Å². The molecule has 4 aromatic rings. The van der Waals surface area contributed by atoms with Crippen molar-refractivity contribution in [1.29, 1.82) is 0 Å². The van der Waals surface area contributed by atoms with E-state index in [2.05, 4.69) is 10.2 Å². The number of likely N-dealkylation sites (N-methyl/N-ethyl adjacent to an activating group) is 1. The van der Waals surface area contributed by atoms with Gasteiger partial charge in [-0.25, -0.2) is 13.8 Å². The summed E-state index contributed by atoms with van der Waals surface area (Å²) in [5.41, 5.74) is 0.137. The number of likely N-dealkylation sites (tertiary alicyclic amines) is 1. The molecule has 0 N–H and O–H groups in total. The van der Waals surface area contributed by atoms with Crippen molar-refractivity contribution in [1.82, 2.24) is 29.0 Å². The normalized spacial score (nSPS) is 16.2. The Labute approximate surface area is 209 Å². The van der Waals surface area contributed by atoms with E-state index in [9.17, 15) is 18.8 Å². The number of nitrogens with zero attached hydrogens (tertiary/aromatic N) is 6. The van der Waals surface area contributed by atoms with Crippen LogP contribution in [0.5, 0.6) is 5.75 Å². The molecule has 0 bridgehead atoms. The number of carbonyl (C=O) groups excluding carboxylic acids is 1. The number of hydrogen-bond donors (Lipinski definition) is 0. The number of halogens is 1. The molecule has 12 heteroatoms. The number of methoxy groups -OCH3 is 1. The van der Waals surface area contributed by atoms with Crippen LogP contribution in [0.2, 0.25) is 0 Å².